The van der Waals surface area contributed by atoms with Crippen LogP contribution in [0.3, 0.4) is 0 Å². The number of ether oxygens (including phenoxy) is 1. The van der Waals surface area contributed by atoms with Crippen LogP contribution >= 0.6 is 0 Å². The van der Waals surface area contributed by atoms with Crippen molar-refractivity contribution >= 4 is 0 Å². The molecular formula is C15H15N3O. The van der Waals surface area contributed by atoms with Crippen molar-refractivity contribution in [1.82, 2.24) is 15.3 Å². The number of aromatic nitrogens is 2. The molecule has 4 nitrogen and oxygen atoms in total. The van der Waals surface area contributed by atoms with Gasteiger partial charge in [0.1, 0.15) is 11.6 Å². The molecule has 2 aromatic rings. The van der Waals surface area contributed by atoms with E-state index in [9.17, 15) is 0 Å². The fourth-order valence-corrected chi connectivity index (χ4v) is 2.55. The van der Waals surface area contributed by atoms with E-state index in [0.29, 0.717) is 5.92 Å². The summed E-state index contributed by atoms with van der Waals surface area (Å²) in [5, 5.41) is 3.26. The van der Waals surface area contributed by atoms with Crippen LogP contribution in [0.15, 0.2) is 30.5 Å². The van der Waals surface area contributed by atoms with Gasteiger partial charge in [0.25, 0.3) is 0 Å². The van der Waals surface area contributed by atoms with E-state index in [1.807, 2.05) is 18.3 Å². The Hall–Kier alpha value is -1.94. The van der Waals surface area contributed by atoms with Gasteiger partial charge in [0, 0.05) is 37.2 Å². The zero-order valence-electron chi connectivity index (χ0n) is 10.6. The maximum atomic E-state index is 5.54. The van der Waals surface area contributed by atoms with Crippen molar-refractivity contribution in [3.05, 3.63) is 41.9 Å². The largest absolute Gasteiger partial charge is 0.493 e. The number of nitrogens with one attached hydrogen (secondary N) is 1. The first-order valence-corrected chi connectivity index (χ1v) is 6.70. The van der Waals surface area contributed by atoms with Crippen LogP contribution in [0.5, 0.6) is 5.75 Å². The van der Waals surface area contributed by atoms with Gasteiger partial charge in [0.2, 0.25) is 0 Å². The minimum atomic E-state index is 0.470. The quantitative estimate of drug-likeness (QED) is 0.886. The summed E-state index contributed by atoms with van der Waals surface area (Å²) in [6.07, 6.45) is 2.85. The average molecular weight is 253 g/mol. The third-order valence-corrected chi connectivity index (χ3v) is 3.81. The van der Waals surface area contributed by atoms with E-state index in [4.69, 9.17) is 9.72 Å². The molecule has 1 N–H and O–H groups in total. The molecule has 2 aliphatic rings. The summed E-state index contributed by atoms with van der Waals surface area (Å²) in [5.74, 6) is 2.44. The second-order valence-corrected chi connectivity index (χ2v) is 5.08. The third-order valence-electron chi connectivity index (χ3n) is 3.81. The topological polar surface area (TPSA) is 47.0 Å². The standard InChI is InChI=1S/C15H15N3O/c1-2-14-11(4-6-19-14)7-10(1)13-3-5-17-15(18-13)12-8-16-9-12/h1-3,5,7,12,16H,4,6,8-9H2. The van der Waals surface area contributed by atoms with Crippen molar-refractivity contribution < 1.29 is 4.74 Å². The van der Waals surface area contributed by atoms with Crippen molar-refractivity contribution in [2.24, 2.45) is 0 Å². The fraction of sp³-hybridized carbons (Fsp3) is 0.333. The van der Waals surface area contributed by atoms with Gasteiger partial charge in [-0.2, -0.15) is 0 Å². The zero-order chi connectivity index (χ0) is 12.7. The van der Waals surface area contributed by atoms with Gasteiger partial charge in [-0.05, 0) is 29.8 Å². The molecule has 0 spiro atoms. The van der Waals surface area contributed by atoms with Crippen LogP contribution in [0, 0.1) is 0 Å². The van der Waals surface area contributed by atoms with E-state index >= 15 is 0 Å². The maximum Gasteiger partial charge on any atom is 0.134 e. The molecule has 0 radical (unpaired) electrons. The van der Waals surface area contributed by atoms with E-state index < -0.39 is 0 Å². The van der Waals surface area contributed by atoms with Crippen molar-refractivity contribution in [2.45, 2.75) is 12.3 Å². The predicted molar refractivity (Wildman–Crippen MR) is 72.3 cm³/mol. The monoisotopic (exact) mass is 253 g/mol. The van der Waals surface area contributed by atoms with Crippen LogP contribution in [0.4, 0.5) is 0 Å². The summed E-state index contributed by atoms with van der Waals surface area (Å²) in [4.78, 5) is 9.08. The lowest BCUT2D eigenvalue weighted by Gasteiger charge is -2.25. The van der Waals surface area contributed by atoms with E-state index in [1.165, 1.54) is 5.56 Å². The molecule has 0 atom stereocenters. The Morgan fingerprint density at radius 3 is 3.00 bits per heavy atom. The van der Waals surface area contributed by atoms with Crippen LogP contribution in [0.25, 0.3) is 11.3 Å². The fourth-order valence-electron chi connectivity index (χ4n) is 2.55. The van der Waals surface area contributed by atoms with Crippen LogP contribution in [0.2, 0.25) is 0 Å². The van der Waals surface area contributed by atoms with Gasteiger partial charge in [-0.15, -0.1) is 0 Å². The van der Waals surface area contributed by atoms with E-state index in [-0.39, 0.29) is 0 Å². The van der Waals surface area contributed by atoms with Gasteiger partial charge < -0.3 is 10.1 Å². The molecule has 0 unspecified atom stereocenters. The van der Waals surface area contributed by atoms with E-state index in [1.54, 1.807) is 0 Å². The summed E-state index contributed by atoms with van der Waals surface area (Å²) in [5.41, 5.74) is 3.44. The summed E-state index contributed by atoms with van der Waals surface area (Å²) in [6.45, 7) is 2.77. The van der Waals surface area contributed by atoms with Gasteiger partial charge in [0.05, 0.1) is 12.3 Å². The average Bonchev–Trinajstić information content (AvgIpc) is 2.84. The summed E-state index contributed by atoms with van der Waals surface area (Å²) in [6, 6.07) is 8.29. The Morgan fingerprint density at radius 2 is 2.16 bits per heavy atom. The maximum absolute atomic E-state index is 5.54. The summed E-state index contributed by atoms with van der Waals surface area (Å²) < 4.78 is 5.54. The number of fused-ring (bicyclic) bond motifs is 1. The molecule has 1 aromatic heterocycles. The number of nitrogens with zero attached hydrogens (tertiary/aromatic N) is 2. The highest BCUT2D eigenvalue weighted by molar-refractivity contribution is 5.62. The first-order chi connectivity index (χ1) is 9.40. The SMILES string of the molecule is c1cc(-c2ccc3c(c2)CCO3)nc(C2CNC2)n1. The molecule has 1 aromatic carbocycles. The number of rotatable bonds is 2. The molecule has 0 bridgehead atoms. The molecule has 0 amide bonds. The van der Waals surface area contributed by atoms with Crippen LogP contribution in [0.1, 0.15) is 17.3 Å². The highest BCUT2D eigenvalue weighted by Gasteiger charge is 2.22. The molecular weight excluding hydrogens is 238 g/mol. The number of hydrogen-bond donors (Lipinski definition) is 1. The lowest BCUT2D eigenvalue weighted by molar-refractivity contribution is 0.357. The lowest BCUT2D eigenvalue weighted by atomic mass is 10.0. The molecule has 4 heteroatoms. The summed E-state index contributed by atoms with van der Waals surface area (Å²) in [7, 11) is 0. The van der Waals surface area contributed by atoms with Crippen molar-refractivity contribution in [1.29, 1.82) is 0 Å². The molecule has 0 saturated carbocycles. The van der Waals surface area contributed by atoms with Gasteiger partial charge >= 0.3 is 0 Å². The first-order valence-electron chi connectivity index (χ1n) is 6.70. The van der Waals surface area contributed by atoms with Gasteiger partial charge in [-0.25, -0.2) is 9.97 Å². The molecule has 3 heterocycles. The second kappa shape index (κ2) is 4.31. The number of hydrogen-bond acceptors (Lipinski definition) is 4. The molecule has 96 valence electrons. The molecule has 2 aliphatic heterocycles. The van der Waals surface area contributed by atoms with Crippen LogP contribution < -0.4 is 10.1 Å². The lowest BCUT2D eigenvalue weighted by Crippen LogP contribution is -2.40. The van der Waals surface area contributed by atoms with E-state index in [2.05, 4.69) is 22.4 Å². The predicted octanol–water partition coefficient (Wildman–Crippen LogP) is 1.77. The first kappa shape index (κ1) is 10.9. The van der Waals surface area contributed by atoms with Crippen molar-refractivity contribution in [3.63, 3.8) is 0 Å². The Bertz CT molecular complexity index is 623. The zero-order valence-corrected chi connectivity index (χ0v) is 10.6. The Balaban J connectivity index is 1.71. The summed E-state index contributed by atoms with van der Waals surface area (Å²) >= 11 is 0. The minimum absolute atomic E-state index is 0.470. The molecule has 19 heavy (non-hydrogen) atoms. The highest BCUT2D eigenvalue weighted by Crippen LogP contribution is 2.30. The molecule has 1 saturated heterocycles. The van der Waals surface area contributed by atoms with Crippen molar-refractivity contribution in [2.75, 3.05) is 19.7 Å². The van der Waals surface area contributed by atoms with Crippen LogP contribution in [-0.4, -0.2) is 29.7 Å². The van der Waals surface area contributed by atoms with Crippen molar-refractivity contribution in [3.8, 4) is 17.0 Å². The molecule has 1 fully saturated rings. The molecule has 4 rings (SSSR count). The van der Waals surface area contributed by atoms with Gasteiger partial charge in [-0.1, -0.05) is 0 Å². The minimum Gasteiger partial charge on any atom is -0.493 e. The Kier molecular flexibility index (Phi) is 2.48. The normalized spacial score (nSPS) is 17.7. The number of benzene rings is 1. The van der Waals surface area contributed by atoms with Crippen LogP contribution in [-0.2, 0) is 6.42 Å². The second-order valence-electron chi connectivity index (χ2n) is 5.08. The highest BCUT2D eigenvalue weighted by atomic mass is 16.5. The Morgan fingerprint density at radius 1 is 1.21 bits per heavy atom. The third kappa shape index (κ3) is 1.88. The molecule has 0 aliphatic carbocycles. The smallest absolute Gasteiger partial charge is 0.134 e. The van der Waals surface area contributed by atoms with E-state index in [0.717, 1.165) is 48.9 Å². The Labute approximate surface area is 111 Å². The van der Waals surface area contributed by atoms with Gasteiger partial charge in [0.15, 0.2) is 0 Å². The van der Waals surface area contributed by atoms with Gasteiger partial charge in [-0.3, -0.25) is 0 Å².